The van der Waals surface area contributed by atoms with E-state index in [4.69, 9.17) is 14.5 Å². The van der Waals surface area contributed by atoms with Crippen molar-refractivity contribution in [3.05, 3.63) is 61.2 Å². The van der Waals surface area contributed by atoms with E-state index in [9.17, 15) is 4.79 Å². The van der Waals surface area contributed by atoms with Gasteiger partial charge >= 0.3 is 0 Å². The first-order valence-electron chi connectivity index (χ1n) is 10.1. The van der Waals surface area contributed by atoms with Gasteiger partial charge in [-0.05, 0) is 48.9 Å². The number of hydrogen-bond acceptors (Lipinski definition) is 7. The fourth-order valence-corrected chi connectivity index (χ4v) is 5.00. The van der Waals surface area contributed by atoms with Gasteiger partial charge in [-0.2, -0.15) is 0 Å². The molecule has 2 heterocycles. The third-order valence-corrected chi connectivity index (χ3v) is 6.93. The summed E-state index contributed by atoms with van der Waals surface area (Å²) in [4.78, 5) is 24.9. The zero-order valence-corrected chi connectivity index (χ0v) is 20.8. The van der Waals surface area contributed by atoms with Gasteiger partial charge in [0, 0.05) is 30.4 Å². The first kappa shape index (κ1) is 24.9. The summed E-state index contributed by atoms with van der Waals surface area (Å²) in [6, 6.07) is 13.5. The van der Waals surface area contributed by atoms with E-state index in [0.29, 0.717) is 17.4 Å². The Morgan fingerprint density at radius 1 is 1.12 bits per heavy atom. The number of aryl methyl sites for hydroxylation is 1. The fourth-order valence-electron chi connectivity index (χ4n) is 3.19. The highest BCUT2D eigenvalue weighted by atomic mass is 35.5. The summed E-state index contributed by atoms with van der Waals surface area (Å²) in [5.74, 6) is 1.94. The SMILES string of the molecule is COc1ccc(SCC(=O)N(CCCn2ccnc2)c2nc3ccc(OC)cc3s2)cc1.Cl. The molecule has 0 aliphatic heterocycles. The normalized spacial score (nSPS) is 10.6. The minimum absolute atomic E-state index is 0. The minimum Gasteiger partial charge on any atom is -0.497 e. The summed E-state index contributed by atoms with van der Waals surface area (Å²) in [6.07, 6.45) is 6.27. The highest BCUT2D eigenvalue weighted by molar-refractivity contribution is 8.00. The lowest BCUT2D eigenvalue weighted by Gasteiger charge is -2.20. The number of amides is 1. The molecule has 0 unspecified atom stereocenters. The summed E-state index contributed by atoms with van der Waals surface area (Å²) in [6.45, 7) is 1.37. The predicted octanol–water partition coefficient (Wildman–Crippen LogP) is 5.15. The number of aromatic nitrogens is 3. The van der Waals surface area contributed by atoms with Crippen LogP contribution in [-0.2, 0) is 11.3 Å². The number of carbonyl (C=O) groups is 1. The van der Waals surface area contributed by atoms with Crippen LogP contribution in [0.4, 0.5) is 5.13 Å². The molecule has 2 aromatic heterocycles. The van der Waals surface area contributed by atoms with Crippen molar-refractivity contribution in [3.63, 3.8) is 0 Å². The molecule has 2 aromatic carbocycles. The molecule has 0 saturated heterocycles. The Morgan fingerprint density at radius 2 is 1.88 bits per heavy atom. The van der Waals surface area contributed by atoms with E-state index < -0.39 is 0 Å². The maximum atomic E-state index is 13.2. The molecule has 0 fully saturated rings. The summed E-state index contributed by atoms with van der Waals surface area (Å²) in [5.41, 5.74) is 0.862. The van der Waals surface area contributed by atoms with Gasteiger partial charge in [0.2, 0.25) is 5.91 Å². The molecule has 0 atom stereocenters. The molecule has 10 heteroatoms. The number of nitrogens with zero attached hydrogens (tertiary/aromatic N) is 4. The lowest BCUT2D eigenvalue weighted by molar-refractivity contribution is -0.116. The molecule has 0 bridgehead atoms. The number of carbonyl (C=O) groups excluding carboxylic acids is 1. The quantitative estimate of drug-likeness (QED) is 0.278. The van der Waals surface area contributed by atoms with Gasteiger partial charge in [0.25, 0.3) is 0 Å². The summed E-state index contributed by atoms with van der Waals surface area (Å²) < 4.78 is 13.5. The topological polar surface area (TPSA) is 69.5 Å². The van der Waals surface area contributed by atoms with E-state index in [1.54, 1.807) is 31.6 Å². The largest absolute Gasteiger partial charge is 0.497 e. The van der Waals surface area contributed by atoms with Crippen LogP contribution < -0.4 is 14.4 Å². The summed E-state index contributed by atoms with van der Waals surface area (Å²) in [5, 5.41) is 0.708. The highest BCUT2D eigenvalue weighted by Crippen LogP contribution is 2.32. The molecule has 0 spiro atoms. The molecular formula is C23H25ClN4O3S2. The molecule has 4 aromatic rings. The van der Waals surface area contributed by atoms with Crippen LogP contribution in [0.5, 0.6) is 11.5 Å². The fraction of sp³-hybridized carbons (Fsp3) is 0.261. The first-order valence-corrected chi connectivity index (χ1v) is 11.9. The van der Waals surface area contributed by atoms with Crippen molar-refractivity contribution >= 4 is 56.8 Å². The van der Waals surface area contributed by atoms with Gasteiger partial charge in [-0.3, -0.25) is 9.69 Å². The van der Waals surface area contributed by atoms with E-state index in [-0.39, 0.29) is 18.3 Å². The standard InChI is InChI=1S/C23H24N4O3S2.ClH/c1-29-17-4-7-19(8-5-17)31-15-22(28)27(12-3-11-26-13-10-24-16-26)23-25-20-9-6-18(30-2)14-21(20)32-23;/h4-10,13-14,16H,3,11-12,15H2,1-2H3;1H. The molecule has 174 valence electrons. The number of halogens is 1. The number of fused-ring (bicyclic) bond motifs is 1. The molecule has 0 aliphatic carbocycles. The number of imidazole rings is 1. The molecule has 1 amide bonds. The van der Waals surface area contributed by atoms with Crippen molar-refractivity contribution in [2.45, 2.75) is 17.9 Å². The van der Waals surface area contributed by atoms with Crippen LogP contribution in [0.3, 0.4) is 0 Å². The van der Waals surface area contributed by atoms with E-state index in [1.807, 2.05) is 53.2 Å². The Kier molecular flexibility index (Phi) is 8.99. The number of thioether (sulfide) groups is 1. The zero-order valence-electron chi connectivity index (χ0n) is 18.3. The molecule has 0 N–H and O–H groups in total. The molecule has 0 aliphatic rings. The monoisotopic (exact) mass is 504 g/mol. The lowest BCUT2D eigenvalue weighted by atomic mass is 10.3. The number of anilines is 1. The van der Waals surface area contributed by atoms with E-state index in [2.05, 4.69) is 4.98 Å². The average Bonchev–Trinajstić information content (AvgIpc) is 3.49. The van der Waals surface area contributed by atoms with Crippen LogP contribution in [0.15, 0.2) is 66.1 Å². The molecule has 4 rings (SSSR count). The Balaban J connectivity index is 0.00000306. The van der Waals surface area contributed by atoms with Crippen LogP contribution in [0, 0.1) is 0 Å². The van der Waals surface area contributed by atoms with Crippen LogP contribution in [-0.4, -0.2) is 47.0 Å². The van der Waals surface area contributed by atoms with Gasteiger partial charge in [-0.15, -0.1) is 24.2 Å². The van der Waals surface area contributed by atoms with Gasteiger partial charge in [0.1, 0.15) is 11.5 Å². The number of benzene rings is 2. The average molecular weight is 505 g/mol. The second-order valence-electron chi connectivity index (χ2n) is 6.99. The van der Waals surface area contributed by atoms with Crippen molar-refractivity contribution in [2.75, 3.05) is 31.4 Å². The van der Waals surface area contributed by atoms with Gasteiger partial charge < -0.3 is 14.0 Å². The van der Waals surface area contributed by atoms with E-state index in [0.717, 1.165) is 39.6 Å². The maximum absolute atomic E-state index is 13.2. The van der Waals surface area contributed by atoms with Gasteiger partial charge in [-0.25, -0.2) is 9.97 Å². The molecule has 33 heavy (non-hydrogen) atoms. The van der Waals surface area contributed by atoms with Crippen LogP contribution in [0.25, 0.3) is 10.2 Å². The second-order valence-corrected chi connectivity index (χ2v) is 9.05. The molecule has 7 nitrogen and oxygen atoms in total. The number of ether oxygens (including phenoxy) is 2. The van der Waals surface area contributed by atoms with Crippen LogP contribution in [0.2, 0.25) is 0 Å². The third-order valence-electron chi connectivity index (χ3n) is 4.90. The summed E-state index contributed by atoms with van der Waals surface area (Å²) in [7, 11) is 3.28. The van der Waals surface area contributed by atoms with Crippen LogP contribution >= 0.6 is 35.5 Å². The van der Waals surface area contributed by atoms with Crippen molar-refractivity contribution in [1.29, 1.82) is 0 Å². The van der Waals surface area contributed by atoms with E-state index in [1.165, 1.54) is 23.1 Å². The van der Waals surface area contributed by atoms with E-state index >= 15 is 0 Å². The Labute approximate surface area is 207 Å². The molecule has 0 saturated carbocycles. The number of hydrogen-bond donors (Lipinski definition) is 0. The predicted molar refractivity (Wildman–Crippen MR) is 136 cm³/mol. The number of thiazole rings is 1. The Bertz CT molecular complexity index is 1170. The van der Waals surface area contributed by atoms with Crippen molar-refractivity contribution in [3.8, 4) is 11.5 Å². The van der Waals surface area contributed by atoms with Gasteiger partial charge in [-0.1, -0.05) is 11.3 Å². The maximum Gasteiger partial charge on any atom is 0.239 e. The molecular weight excluding hydrogens is 480 g/mol. The Morgan fingerprint density at radius 3 is 2.58 bits per heavy atom. The smallest absolute Gasteiger partial charge is 0.239 e. The summed E-state index contributed by atoms with van der Waals surface area (Å²) >= 11 is 3.02. The van der Waals surface area contributed by atoms with Crippen molar-refractivity contribution in [2.24, 2.45) is 0 Å². The molecule has 0 radical (unpaired) electrons. The van der Waals surface area contributed by atoms with Gasteiger partial charge in [0.15, 0.2) is 5.13 Å². The third kappa shape index (κ3) is 6.40. The zero-order chi connectivity index (χ0) is 22.3. The first-order chi connectivity index (χ1) is 15.7. The Hall–Kier alpha value is -2.75. The minimum atomic E-state index is 0. The number of methoxy groups -OCH3 is 2. The van der Waals surface area contributed by atoms with Crippen LogP contribution in [0.1, 0.15) is 6.42 Å². The lowest BCUT2D eigenvalue weighted by Crippen LogP contribution is -2.33. The number of rotatable bonds is 10. The second kappa shape index (κ2) is 11.9. The van der Waals surface area contributed by atoms with Crippen molar-refractivity contribution < 1.29 is 14.3 Å². The van der Waals surface area contributed by atoms with Crippen molar-refractivity contribution in [1.82, 2.24) is 14.5 Å². The highest BCUT2D eigenvalue weighted by Gasteiger charge is 2.20. The van der Waals surface area contributed by atoms with Gasteiger partial charge in [0.05, 0.1) is 36.5 Å².